The summed E-state index contributed by atoms with van der Waals surface area (Å²) in [5.41, 5.74) is 9.95. The van der Waals surface area contributed by atoms with Gasteiger partial charge in [0.25, 0.3) is 0 Å². The molecule has 0 radical (unpaired) electrons. The van der Waals surface area contributed by atoms with E-state index in [0.717, 1.165) is 49.5 Å². The Hall–Kier alpha value is -3.20. The van der Waals surface area contributed by atoms with Crippen molar-refractivity contribution in [2.45, 2.75) is 26.3 Å². The number of ether oxygens (including phenoxy) is 1. The van der Waals surface area contributed by atoms with E-state index in [4.69, 9.17) is 15.5 Å². The molecule has 1 aliphatic heterocycles. The van der Waals surface area contributed by atoms with Gasteiger partial charge in [0.2, 0.25) is 5.95 Å². The average Bonchev–Trinajstić information content (AvgIpc) is 3.28. The summed E-state index contributed by atoms with van der Waals surface area (Å²) in [5.74, 6) is 2.73. The highest BCUT2D eigenvalue weighted by Gasteiger charge is 2.20. The predicted molar refractivity (Wildman–Crippen MR) is 105 cm³/mol. The van der Waals surface area contributed by atoms with Gasteiger partial charge in [-0.25, -0.2) is 15.0 Å². The van der Waals surface area contributed by atoms with Gasteiger partial charge in [-0.2, -0.15) is 4.52 Å². The van der Waals surface area contributed by atoms with Gasteiger partial charge in [-0.3, -0.25) is 4.90 Å². The molecule has 0 atom stereocenters. The Morgan fingerprint density at radius 2 is 2.14 bits per heavy atom. The molecule has 0 aliphatic carbocycles. The van der Waals surface area contributed by atoms with E-state index < -0.39 is 0 Å². The first kappa shape index (κ1) is 16.9. The maximum atomic E-state index is 6.13. The first-order valence-corrected chi connectivity index (χ1v) is 9.37. The smallest absolute Gasteiger partial charge is 0.223 e. The van der Waals surface area contributed by atoms with Crippen LogP contribution in [0.4, 0.5) is 5.95 Å². The summed E-state index contributed by atoms with van der Waals surface area (Å²) in [4.78, 5) is 19.5. The zero-order chi connectivity index (χ0) is 19.3. The monoisotopic (exact) mass is 378 g/mol. The van der Waals surface area contributed by atoms with Gasteiger partial charge >= 0.3 is 0 Å². The van der Waals surface area contributed by atoms with Crippen LogP contribution >= 0.6 is 0 Å². The minimum atomic E-state index is 0.307. The number of aryl methyl sites for hydroxylation is 1. The summed E-state index contributed by atoms with van der Waals surface area (Å²) < 4.78 is 7.02. The number of nitrogen functional groups attached to an aromatic ring is 1. The molecule has 4 heterocycles. The molecule has 0 spiro atoms. The summed E-state index contributed by atoms with van der Waals surface area (Å²) in [6.07, 6.45) is 1.72. The fraction of sp³-hybridized carbons (Fsp3) is 0.368. The normalized spacial score (nSPS) is 14.6. The lowest BCUT2D eigenvalue weighted by atomic mass is 10.1. The molecule has 9 heteroatoms. The number of benzene rings is 1. The van der Waals surface area contributed by atoms with Crippen LogP contribution in [-0.4, -0.2) is 54.6 Å². The number of anilines is 1. The molecule has 144 valence electrons. The van der Waals surface area contributed by atoms with Crippen LogP contribution in [0.1, 0.15) is 23.0 Å². The lowest BCUT2D eigenvalue weighted by Gasteiger charge is -2.25. The van der Waals surface area contributed by atoms with E-state index >= 15 is 0 Å². The second-order valence-corrected chi connectivity index (χ2v) is 7.11. The number of imidazole rings is 1. The Morgan fingerprint density at radius 1 is 1.25 bits per heavy atom. The maximum absolute atomic E-state index is 6.13. The summed E-state index contributed by atoms with van der Waals surface area (Å²) in [7, 11) is 1.62. The number of nitrogens with two attached hydrogens (primary N) is 1. The fourth-order valence-corrected chi connectivity index (χ4v) is 3.88. The highest BCUT2D eigenvalue weighted by atomic mass is 16.5. The van der Waals surface area contributed by atoms with Gasteiger partial charge in [0.15, 0.2) is 11.5 Å². The van der Waals surface area contributed by atoms with E-state index in [1.165, 1.54) is 11.4 Å². The van der Waals surface area contributed by atoms with Crippen LogP contribution in [0.2, 0.25) is 0 Å². The number of methoxy groups -OCH3 is 1. The van der Waals surface area contributed by atoms with Crippen molar-refractivity contribution in [3.05, 3.63) is 41.2 Å². The van der Waals surface area contributed by atoms with Crippen LogP contribution in [-0.2, 0) is 19.4 Å². The van der Waals surface area contributed by atoms with Gasteiger partial charge in [0.05, 0.1) is 18.5 Å². The second-order valence-electron chi connectivity index (χ2n) is 7.11. The minimum absolute atomic E-state index is 0.307. The molecule has 0 amide bonds. The molecule has 0 bridgehead atoms. The van der Waals surface area contributed by atoms with Crippen LogP contribution < -0.4 is 10.5 Å². The van der Waals surface area contributed by atoms with Crippen LogP contribution in [0.5, 0.6) is 5.75 Å². The van der Waals surface area contributed by atoms with E-state index in [0.29, 0.717) is 22.9 Å². The number of aromatic nitrogens is 6. The molecule has 3 aromatic heterocycles. The van der Waals surface area contributed by atoms with Gasteiger partial charge in [0, 0.05) is 37.9 Å². The summed E-state index contributed by atoms with van der Waals surface area (Å²) in [5, 5.41) is 5.46. The maximum Gasteiger partial charge on any atom is 0.223 e. The lowest BCUT2D eigenvalue weighted by molar-refractivity contribution is 0.251. The first-order valence-electron chi connectivity index (χ1n) is 9.37. The van der Waals surface area contributed by atoms with Gasteiger partial charge in [-0.15, -0.1) is 5.10 Å². The molecule has 5 rings (SSSR count). The van der Waals surface area contributed by atoms with Gasteiger partial charge < -0.3 is 15.5 Å². The molecule has 0 fully saturated rings. The van der Waals surface area contributed by atoms with E-state index in [1.807, 2.05) is 25.1 Å². The molecule has 0 saturated heterocycles. The Kier molecular flexibility index (Phi) is 3.90. The average molecular weight is 378 g/mol. The Bertz CT molecular complexity index is 1180. The highest BCUT2D eigenvalue weighted by molar-refractivity contribution is 5.95. The Labute approximate surface area is 161 Å². The SMILES string of the molecule is COc1cccc2c1nc(N)n1nc(CCN3CCc4nc(C)[nH]c4C3)nc21. The van der Waals surface area contributed by atoms with Crippen molar-refractivity contribution in [2.75, 3.05) is 25.9 Å². The van der Waals surface area contributed by atoms with Crippen molar-refractivity contribution in [1.29, 1.82) is 0 Å². The van der Waals surface area contributed by atoms with Crippen LogP contribution in [0.25, 0.3) is 16.6 Å². The Morgan fingerprint density at radius 3 is 3.00 bits per heavy atom. The van der Waals surface area contributed by atoms with Crippen LogP contribution in [0.15, 0.2) is 18.2 Å². The molecule has 1 aliphatic rings. The van der Waals surface area contributed by atoms with Crippen molar-refractivity contribution in [2.24, 2.45) is 0 Å². The topological polar surface area (TPSA) is 110 Å². The third kappa shape index (κ3) is 2.75. The number of hydrogen-bond donors (Lipinski definition) is 2. The molecule has 9 nitrogen and oxygen atoms in total. The lowest BCUT2D eigenvalue weighted by Crippen LogP contribution is -2.32. The molecule has 3 N–H and O–H groups in total. The number of hydrogen-bond acceptors (Lipinski definition) is 7. The van der Waals surface area contributed by atoms with E-state index in [1.54, 1.807) is 11.6 Å². The molecule has 0 unspecified atom stereocenters. The first-order chi connectivity index (χ1) is 13.6. The molecule has 28 heavy (non-hydrogen) atoms. The van der Waals surface area contributed by atoms with Crippen LogP contribution in [0, 0.1) is 6.92 Å². The summed E-state index contributed by atoms with van der Waals surface area (Å²) in [6.45, 7) is 4.76. The van der Waals surface area contributed by atoms with Gasteiger partial charge in [-0.05, 0) is 19.1 Å². The largest absolute Gasteiger partial charge is 0.494 e. The number of para-hydroxylation sites is 1. The number of aromatic amines is 1. The number of H-pyrrole nitrogens is 1. The van der Waals surface area contributed by atoms with Crippen molar-refractivity contribution < 1.29 is 4.74 Å². The Balaban J connectivity index is 1.41. The molecule has 4 aromatic rings. The molecular formula is C19H22N8O. The van der Waals surface area contributed by atoms with Crippen molar-refractivity contribution >= 4 is 22.5 Å². The van der Waals surface area contributed by atoms with Crippen LogP contribution in [0.3, 0.4) is 0 Å². The highest BCUT2D eigenvalue weighted by Crippen LogP contribution is 2.27. The van der Waals surface area contributed by atoms with Crippen molar-refractivity contribution in [3.63, 3.8) is 0 Å². The predicted octanol–water partition coefficient (Wildman–Crippen LogP) is 1.50. The zero-order valence-electron chi connectivity index (χ0n) is 15.9. The van der Waals surface area contributed by atoms with Crippen molar-refractivity contribution in [3.8, 4) is 5.75 Å². The summed E-state index contributed by atoms with van der Waals surface area (Å²) in [6, 6.07) is 5.75. The van der Waals surface area contributed by atoms with E-state index in [9.17, 15) is 0 Å². The standard InChI is InChI=1S/C19H22N8O/c1-11-21-13-6-8-26(10-14(13)22-11)9-7-16-23-18-12-4-3-5-15(28-2)17(12)24-19(20)27(18)25-16/h3-5H,6-10H2,1-2H3,(H2,20,24)(H,21,22). The third-order valence-electron chi connectivity index (χ3n) is 5.24. The second kappa shape index (κ2) is 6.45. The molecular weight excluding hydrogens is 356 g/mol. The minimum Gasteiger partial charge on any atom is -0.494 e. The number of nitrogens with zero attached hydrogens (tertiary/aromatic N) is 6. The van der Waals surface area contributed by atoms with E-state index in [-0.39, 0.29) is 0 Å². The van der Waals surface area contributed by atoms with Gasteiger partial charge in [-0.1, -0.05) is 6.07 Å². The third-order valence-corrected chi connectivity index (χ3v) is 5.24. The molecule has 1 aromatic carbocycles. The number of nitrogens with one attached hydrogen (secondary N) is 1. The summed E-state index contributed by atoms with van der Waals surface area (Å²) >= 11 is 0. The number of rotatable bonds is 4. The van der Waals surface area contributed by atoms with Gasteiger partial charge in [0.1, 0.15) is 17.1 Å². The molecule has 0 saturated carbocycles. The zero-order valence-corrected chi connectivity index (χ0v) is 15.9. The number of fused-ring (bicyclic) bond motifs is 4. The fourth-order valence-electron chi connectivity index (χ4n) is 3.88. The van der Waals surface area contributed by atoms with E-state index in [2.05, 4.69) is 25.0 Å². The van der Waals surface area contributed by atoms with Crippen molar-refractivity contribution in [1.82, 2.24) is 34.4 Å². The quantitative estimate of drug-likeness (QED) is 0.554.